The lowest BCUT2D eigenvalue weighted by Crippen LogP contribution is -2.40. The second-order valence-electron chi connectivity index (χ2n) is 5.15. The molecular formula is C16H34O4. The first kappa shape index (κ1) is 19.8. The minimum Gasteiger partial charge on any atom is -0.326 e. The summed E-state index contributed by atoms with van der Waals surface area (Å²) in [5.74, 6) is -1.02. The molecule has 0 aliphatic rings. The van der Waals surface area contributed by atoms with E-state index in [1.807, 2.05) is 0 Å². The highest BCUT2D eigenvalue weighted by Gasteiger charge is 2.34. The Labute approximate surface area is 125 Å². The van der Waals surface area contributed by atoms with E-state index in [0.717, 1.165) is 32.1 Å². The minimum atomic E-state index is -1.02. The quantitative estimate of drug-likeness (QED) is 0.187. The van der Waals surface area contributed by atoms with Gasteiger partial charge in [0.05, 0.1) is 20.3 Å². The van der Waals surface area contributed by atoms with Gasteiger partial charge in [-0.2, -0.15) is 4.89 Å². The van der Waals surface area contributed by atoms with E-state index in [1.54, 1.807) is 0 Å². The maximum Gasteiger partial charge on any atom is 0.312 e. The van der Waals surface area contributed by atoms with Crippen LogP contribution in [-0.4, -0.2) is 26.3 Å². The van der Waals surface area contributed by atoms with Crippen LogP contribution in [0.15, 0.2) is 0 Å². The van der Waals surface area contributed by atoms with Gasteiger partial charge in [0.25, 0.3) is 0 Å². The van der Waals surface area contributed by atoms with Crippen molar-refractivity contribution in [2.24, 2.45) is 0 Å². The molecule has 0 atom stereocenters. The van der Waals surface area contributed by atoms with Crippen LogP contribution in [0.2, 0.25) is 0 Å². The van der Waals surface area contributed by atoms with Crippen molar-refractivity contribution in [2.45, 2.75) is 84.5 Å². The number of unbranched alkanes of at least 4 members (excludes halogenated alkanes) is 5. The summed E-state index contributed by atoms with van der Waals surface area (Å²) in [6, 6.07) is 0. The zero-order valence-electron chi connectivity index (χ0n) is 13.9. The van der Waals surface area contributed by atoms with E-state index in [-0.39, 0.29) is 0 Å². The first-order valence-electron chi connectivity index (χ1n) is 8.24. The highest BCUT2D eigenvalue weighted by Crippen LogP contribution is 2.25. The molecule has 0 spiro atoms. The molecule has 0 aliphatic heterocycles. The van der Waals surface area contributed by atoms with Gasteiger partial charge < -0.3 is 9.47 Å². The third kappa shape index (κ3) is 9.70. The highest BCUT2D eigenvalue weighted by atomic mass is 17.3. The molecule has 0 bridgehead atoms. The summed E-state index contributed by atoms with van der Waals surface area (Å²) in [6.07, 6.45) is 9.53. The van der Waals surface area contributed by atoms with Crippen molar-refractivity contribution >= 4 is 0 Å². The van der Waals surface area contributed by atoms with Crippen molar-refractivity contribution in [1.82, 2.24) is 0 Å². The molecule has 0 aromatic heterocycles. The molecule has 0 heterocycles. The van der Waals surface area contributed by atoms with Crippen LogP contribution in [0.3, 0.4) is 0 Å². The molecule has 0 radical (unpaired) electrons. The van der Waals surface area contributed by atoms with Gasteiger partial charge in [0.2, 0.25) is 0 Å². The fourth-order valence-electron chi connectivity index (χ4n) is 1.92. The van der Waals surface area contributed by atoms with E-state index in [9.17, 15) is 0 Å². The Morgan fingerprint density at radius 2 is 1.25 bits per heavy atom. The van der Waals surface area contributed by atoms with Gasteiger partial charge in [-0.25, -0.2) is 4.89 Å². The van der Waals surface area contributed by atoms with Gasteiger partial charge in [-0.15, -0.1) is 0 Å². The maximum atomic E-state index is 5.87. The van der Waals surface area contributed by atoms with Crippen LogP contribution in [0.25, 0.3) is 0 Å². The van der Waals surface area contributed by atoms with Crippen molar-refractivity contribution in [1.29, 1.82) is 0 Å². The summed E-state index contributed by atoms with van der Waals surface area (Å²) < 4.78 is 11.7. The molecule has 0 unspecified atom stereocenters. The number of hydrogen-bond acceptors (Lipinski definition) is 4. The van der Waals surface area contributed by atoms with Gasteiger partial charge in [-0.05, 0) is 19.3 Å². The van der Waals surface area contributed by atoms with Crippen molar-refractivity contribution < 1.29 is 19.2 Å². The maximum absolute atomic E-state index is 5.87. The zero-order chi connectivity index (χ0) is 15.1. The molecule has 0 saturated heterocycles. The van der Waals surface area contributed by atoms with E-state index in [1.165, 1.54) is 26.4 Å². The SMILES string of the molecule is CCCCCCC(OCCCC)(OCCCC)OOC. The predicted molar refractivity (Wildman–Crippen MR) is 81.3 cm³/mol. The lowest BCUT2D eigenvalue weighted by Gasteiger charge is -2.31. The van der Waals surface area contributed by atoms with E-state index >= 15 is 0 Å². The minimum absolute atomic E-state index is 0.639. The summed E-state index contributed by atoms with van der Waals surface area (Å²) in [6.45, 7) is 7.76. The Morgan fingerprint density at radius 3 is 1.70 bits per heavy atom. The summed E-state index contributed by atoms with van der Waals surface area (Å²) in [4.78, 5) is 10.2. The third-order valence-corrected chi connectivity index (χ3v) is 3.19. The van der Waals surface area contributed by atoms with E-state index in [4.69, 9.17) is 19.2 Å². The molecule has 0 aromatic carbocycles. The normalized spacial score (nSPS) is 12.0. The fourth-order valence-corrected chi connectivity index (χ4v) is 1.92. The van der Waals surface area contributed by atoms with Crippen LogP contribution < -0.4 is 0 Å². The molecule has 0 N–H and O–H groups in total. The molecule has 20 heavy (non-hydrogen) atoms. The summed E-state index contributed by atoms with van der Waals surface area (Å²) >= 11 is 0. The summed E-state index contributed by atoms with van der Waals surface area (Å²) in [5.41, 5.74) is 0. The van der Waals surface area contributed by atoms with Crippen LogP contribution in [0.4, 0.5) is 0 Å². The molecule has 0 saturated carbocycles. The Bertz CT molecular complexity index is 187. The monoisotopic (exact) mass is 290 g/mol. The smallest absolute Gasteiger partial charge is 0.312 e. The molecule has 0 aliphatic carbocycles. The van der Waals surface area contributed by atoms with Crippen molar-refractivity contribution in [3.05, 3.63) is 0 Å². The third-order valence-electron chi connectivity index (χ3n) is 3.19. The summed E-state index contributed by atoms with van der Waals surface area (Å²) in [7, 11) is 1.51. The van der Waals surface area contributed by atoms with Gasteiger partial charge >= 0.3 is 5.97 Å². The second-order valence-corrected chi connectivity index (χ2v) is 5.15. The van der Waals surface area contributed by atoms with Crippen LogP contribution in [0.5, 0.6) is 0 Å². The van der Waals surface area contributed by atoms with Crippen LogP contribution in [0, 0.1) is 0 Å². The van der Waals surface area contributed by atoms with Crippen LogP contribution >= 0.6 is 0 Å². The lowest BCUT2D eigenvalue weighted by molar-refractivity contribution is -0.501. The highest BCUT2D eigenvalue weighted by molar-refractivity contribution is 4.58. The van der Waals surface area contributed by atoms with Gasteiger partial charge in [0.1, 0.15) is 0 Å². The van der Waals surface area contributed by atoms with E-state index in [2.05, 4.69) is 20.8 Å². The number of hydrogen-bond donors (Lipinski definition) is 0. The molecule has 4 nitrogen and oxygen atoms in total. The standard InChI is InChI=1S/C16H34O4/c1-5-8-11-12-13-16(20-17-4,18-14-9-6-2)19-15-10-7-3/h5-15H2,1-4H3. The molecule has 0 aromatic rings. The van der Waals surface area contributed by atoms with Crippen LogP contribution in [0.1, 0.15) is 78.6 Å². The first-order valence-corrected chi connectivity index (χ1v) is 8.24. The Balaban J connectivity index is 4.37. The molecule has 122 valence electrons. The van der Waals surface area contributed by atoms with E-state index in [0.29, 0.717) is 19.6 Å². The van der Waals surface area contributed by atoms with Gasteiger partial charge in [0, 0.05) is 6.42 Å². The average Bonchev–Trinajstić information content (AvgIpc) is 2.44. The van der Waals surface area contributed by atoms with E-state index < -0.39 is 5.97 Å². The Hall–Kier alpha value is -0.160. The fraction of sp³-hybridized carbons (Fsp3) is 1.00. The topological polar surface area (TPSA) is 36.9 Å². The van der Waals surface area contributed by atoms with Gasteiger partial charge in [-0.3, -0.25) is 0 Å². The Kier molecular flexibility index (Phi) is 13.7. The van der Waals surface area contributed by atoms with Gasteiger partial charge in [0.15, 0.2) is 0 Å². The molecular weight excluding hydrogens is 256 g/mol. The number of rotatable bonds is 15. The Morgan fingerprint density at radius 1 is 0.700 bits per heavy atom. The second kappa shape index (κ2) is 13.8. The molecule has 4 heteroatoms. The summed E-state index contributed by atoms with van der Waals surface area (Å²) in [5, 5.41) is 0. The van der Waals surface area contributed by atoms with Crippen molar-refractivity contribution in [3.8, 4) is 0 Å². The zero-order valence-corrected chi connectivity index (χ0v) is 13.9. The lowest BCUT2D eigenvalue weighted by atomic mass is 10.1. The molecule has 0 rings (SSSR count). The molecule has 0 amide bonds. The predicted octanol–water partition coefficient (Wildman–Crippen LogP) is 4.82. The largest absolute Gasteiger partial charge is 0.326 e. The van der Waals surface area contributed by atoms with Crippen molar-refractivity contribution in [3.63, 3.8) is 0 Å². The number of ether oxygens (including phenoxy) is 2. The molecule has 0 fully saturated rings. The average molecular weight is 290 g/mol. The van der Waals surface area contributed by atoms with Crippen molar-refractivity contribution in [2.75, 3.05) is 20.3 Å². The first-order chi connectivity index (χ1) is 9.74. The van der Waals surface area contributed by atoms with Gasteiger partial charge in [-0.1, -0.05) is 52.9 Å². The van der Waals surface area contributed by atoms with Crippen LogP contribution in [-0.2, 0) is 19.2 Å².